The van der Waals surface area contributed by atoms with Crippen LogP contribution in [0.15, 0.2) is 77.7 Å². The van der Waals surface area contributed by atoms with Crippen molar-refractivity contribution in [2.45, 2.75) is 30.8 Å². The number of carbonyl (C=O) groups excluding carboxylic acids is 3. The molecule has 0 spiro atoms. The van der Waals surface area contributed by atoms with Gasteiger partial charge in [-0.2, -0.15) is 0 Å². The molecule has 1 atom stereocenters. The fraction of sp³-hybridized carbons (Fsp3) is 0.160. The van der Waals surface area contributed by atoms with Gasteiger partial charge in [-0.15, -0.1) is 0 Å². The van der Waals surface area contributed by atoms with E-state index in [1.54, 1.807) is 49.4 Å². The first kappa shape index (κ1) is 24.6. The summed E-state index contributed by atoms with van der Waals surface area (Å²) in [5.74, 6) is -1.50. The Balaban J connectivity index is 1.71. The van der Waals surface area contributed by atoms with Crippen molar-refractivity contribution in [3.05, 3.63) is 94.5 Å². The van der Waals surface area contributed by atoms with E-state index in [-0.39, 0.29) is 23.5 Å². The molecule has 1 aliphatic heterocycles. The molecular formula is C25H22ClN3O5S. The predicted molar refractivity (Wildman–Crippen MR) is 131 cm³/mol. The minimum atomic E-state index is -3.93. The van der Waals surface area contributed by atoms with Crippen molar-refractivity contribution >= 4 is 45.0 Å². The standard InChI is InChI=1S/C25H22ClN3O5S/c1-16-6-2-4-8-20(16)24(31)28(15-17-7-3-5-9-21(17)26)22-14-23(30)29(25(22)32)18-10-12-19(13-11-18)35(27,33)34/h2-13,22H,14-15H2,1H3,(H2,27,33,34). The van der Waals surface area contributed by atoms with Crippen molar-refractivity contribution in [2.75, 3.05) is 4.90 Å². The molecule has 10 heteroatoms. The van der Waals surface area contributed by atoms with Crippen LogP contribution < -0.4 is 10.0 Å². The number of nitrogens with two attached hydrogens (primary N) is 1. The summed E-state index contributed by atoms with van der Waals surface area (Å²) in [6.07, 6.45) is -0.224. The molecule has 0 radical (unpaired) electrons. The second-order valence-electron chi connectivity index (χ2n) is 8.17. The second kappa shape index (κ2) is 9.61. The maximum absolute atomic E-state index is 13.6. The zero-order chi connectivity index (χ0) is 25.3. The number of hydrogen-bond acceptors (Lipinski definition) is 5. The number of hydrogen-bond donors (Lipinski definition) is 1. The van der Waals surface area contributed by atoms with Gasteiger partial charge in [0.05, 0.1) is 17.0 Å². The van der Waals surface area contributed by atoms with Crippen molar-refractivity contribution < 1.29 is 22.8 Å². The van der Waals surface area contributed by atoms with E-state index in [2.05, 4.69) is 0 Å². The first-order chi connectivity index (χ1) is 16.6. The van der Waals surface area contributed by atoms with Gasteiger partial charge in [-0.1, -0.05) is 48.0 Å². The highest BCUT2D eigenvalue weighted by atomic mass is 35.5. The normalized spacial score (nSPS) is 16.0. The first-order valence-electron chi connectivity index (χ1n) is 10.7. The highest BCUT2D eigenvalue weighted by Crippen LogP contribution is 2.30. The van der Waals surface area contributed by atoms with Crippen LogP contribution >= 0.6 is 11.6 Å². The fourth-order valence-electron chi connectivity index (χ4n) is 4.02. The minimum absolute atomic E-state index is 0.0225. The maximum atomic E-state index is 13.6. The van der Waals surface area contributed by atoms with Crippen LogP contribution in [0.2, 0.25) is 5.02 Å². The lowest BCUT2D eigenvalue weighted by Gasteiger charge is -2.28. The van der Waals surface area contributed by atoms with Crippen LogP contribution in [-0.2, 0) is 26.2 Å². The summed E-state index contributed by atoms with van der Waals surface area (Å²) in [5, 5.41) is 5.57. The molecule has 2 N–H and O–H groups in total. The maximum Gasteiger partial charge on any atom is 0.257 e. The number of imide groups is 1. The van der Waals surface area contributed by atoms with Gasteiger partial charge in [-0.3, -0.25) is 14.4 Å². The number of amides is 3. The van der Waals surface area contributed by atoms with Gasteiger partial charge in [0.15, 0.2) is 0 Å². The van der Waals surface area contributed by atoms with E-state index in [1.165, 1.54) is 29.2 Å². The number of anilines is 1. The lowest BCUT2D eigenvalue weighted by Crippen LogP contribution is -2.45. The zero-order valence-electron chi connectivity index (χ0n) is 18.7. The molecule has 1 unspecified atom stereocenters. The lowest BCUT2D eigenvalue weighted by molar-refractivity contribution is -0.122. The Hall–Kier alpha value is -3.53. The van der Waals surface area contributed by atoms with Crippen LogP contribution in [0.3, 0.4) is 0 Å². The Bertz CT molecular complexity index is 1420. The number of benzene rings is 3. The number of sulfonamides is 1. The second-order valence-corrected chi connectivity index (χ2v) is 10.1. The Labute approximate surface area is 208 Å². The molecule has 3 aromatic carbocycles. The summed E-state index contributed by atoms with van der Waals surface area (Å²) in [4.78, 5) is 42.2. The topological polar surface area (TPSA) is 118 Å². The van der Waals surface area contributed by atoms with Crippen molar-refractivity contribution in [3.63, 3.8) is 0 Å². The average Bonchev–Trinajstić information content (AvgIpc) is 3.11. The average molecular weight is 512 g/mol. The third-order valence-electron chi connectivity index (χ3n) is 5.86. The first-order valence-corrected chi connectivity index (χ1v) is 12.6. The molecule has 0 bridgehead atoms. The monoisotopic (exact) mass is 511 g/mol. The summed E-state index contributed by atoms with van der Waals surface area (Å²) in [6, 6.07) is 18.0. The highest BCUT2D eigenvalue weighted by Gasteiger charge is 2.44. The summed E-state index contributed by atoms with van der Waals surface area (Å²) >= 11 is 6.34. The molecule has 0 aromatic heterocycles. The quantitative estimate of drug-likeness (QED) is 0.509. The summed E-state index contributed by atoms with van der Waals surface area (Å²) in [6.45, 7) is 1.82. The van der Waals surface area contributed by atoms with E-state index in [1.807, 2.05) is 6.07 Å². The molecule has 0 aliphatic carbocycles. The number of rotatable bonds is 6. The molecule has 3 aromatic rings. The number of primary sulfonamides is 1. The highest BCUT2D eigenvalue weighted by molar-refractivity contribution is 7.89. The van der Waals surface area contributed by atoms with E-state index in [0.717, 1.165) is 10.5 Å². The third kappa shape index (κ3) is 4.97. The van der Waals surface area contributed by atoms with E-state index in [0.29, 0.717) is 16.1 Å². The van der Waals surface area contributed by atoms with Gasteiger partial charge in [0.1, 0.15) is 6.04 Å². The molecule has 1 saturated heterocycles. The van der Waals surface area contributed by atoms with Gasteiger partial charge in [-0.25, -0.2) is 18.5 Å². The molecule has 1 heterocycles. The molecule has 4 rings (SSSR count). The van der Waals surface area contributed by atoms with Crippen LogP contribution in [0.1, 0.15) is 27.9 Å². The van der Waals surface area contributed by atoms with Crippen LogP contribution in [0, 0.1) is 6.92 Å². The van der Waals surface area contributed by atoms with Gasteiger partial charge in [0.2, 0.25) is 15.9 Å². The van der Waals surface area contributed by atoms with E-state index < -0.39 is 33.8 Å². The molecule has 1 aliphatic rings. The van der Waals surface area contributed by atoms with Gasteiger partial charge in [-0.05, 0) is 54.4 Å². The largest absolute Gasteiger partial charge is 0.322 e. The number of carbonyl (C=O) groups is 3. The number of aryl methyl sites for hydroxylation is 1. The molecule has 1 fully saturated rings. The smallest absolute Gasteiger partial charge is 0.257 e. The SMILES string of the molecule is Cc1ccccc1C(=O)N(Cc1ccccc1Cl)C1CC(=O)N(c2ccc(S(N)(=O)=O)cc2)C1=O. The summed E-state index contributed by atoms with van der Waals surface area (Å²) < 4.78 is 23.1. The third-order valence-corrected chi connectivity index (χ3v) is 7.16. The molecule has 0 saturated carbocycles. The number of nitrogens with zero attached hydrogens (tertiary/aromatic N) is 2. The molecule has 8 nitrogen and oxygen atoms in total. The Morgan fingerprint density at radius 2 is 1.66 bits per heavy atom. The lowest BCUT2D eigenvalue weighted by atomic mass is 10.0. The minimum Gasteiger partial charge on any atom is -0.322 e. The van der Waals surface area contributed by atoms with Gasteiger partial charge < -0.3 is 4.90 Å². The zero-order valence-corrected chi connectivity index (χ0v) is 20.3. The van der Waals surface area contributed by atoms with Crippen LogP contribution in [0.4, 0.5) is 5.69 Å². The number of halogens is 1. The van der Waals surface area contributed by atoms with Gasteiger partial charge >= 0.3 is 0 Å². The van der Waals surface area contributed by atoms with Gasteiger partial charge in [0.25, 0.3) is 11.8 Å². The Morgan fingerprint density at radius 3 is 2.29 bits per heavy atom. The van der Waals surface area contributed by atoms with Crippen molar-refractivity contribution in [3.8, 4) is 0 Å². The van der Waals surface area contributed by atoms with E-state index in [4.69, 9.17) is 16.7 Å². The Kier molecular flexibility index (Phi) is 6.75. The molecule has 3 amide bonds. The summed E-state index contributed by atoms with van der Waals surface area (Å²) in [7, 11) is -3.93. The fourth-order valence-corrected chi connectivity index (χ4v) is 4.73. The van der Waals surface area contributed by atoms with Crippen molar-refractivity contribution in [1.82, 2.24) is 4.90 Å². The van der Waals surface area contributed by atoms with Crippen LogP contribution in [-0.4, -0.2) is 37.1 Å². The summed E-state index contributed by atoms with van der Waals surface area (Å²) in [5.41, 5.74) is 1.97. The van der Waals surface area contributed by atoms with Crippen LogP contribution in [0.25, 0.3) is 0 Å². The van der Waals surface area contributed by atoms with Crippen molar-refractivity contribution in [2.24, 2.45) is 5.14 Å². The van der Waals surface area contributed by atoms with Gasteiger partial charge in [0, 0.05) is 17.1 Å². The Morgan fingerprint density at radius 1 is 1.03 bits per heavy atom. The van der Waals surface area contributed by atoms with Crippen molar-refractivity contribution in [1.29, 1.82) is 0 Å². The molecular weight excluding hydrogens is 490 g/mol. The molecule has 35 heavy (non-hydrogen) atoms. The van der Waals surface area contributed by atoms with E-state index in [9.17, 15) is 22.8 Å². The predicted octanol–water partition coefficient (Wildman–Crippen LogP) is 3.27. The van der Waals surface area contributed by atoms with E-state index >= 15 is 0 Å². The molecule has 180 valence electrons. The van der Waals surface area contributed by atoms with Crippen LogP contribution in [0.5, 0.6) is 0 Å².